The first-order valence-electron chi connectivity index (χ1n) is 10.2. The number of ether oxygens (including phenoxy) is 2. The third-order valence-corrected chi connectivity index (χ3v) is 11.7. The Morgan fingerprint density at radius 3 is 2.41 bits per heavy atom. The van der Waals surface area contributed by atoms with E-state index in [4.69, 9.17) is 15.2 Å². The fraction of sp³-hybridized carbons (Fsp3) is 0.636. The van der Waals surface area contributed by atoms with Crippen molar-refractivity contribution in [3.63, 3.8) is 0 Å². The van der Waals surface area contributed by atoms with E-state index in [1.807, 2.05) is 32.0 Å². The maximum absolute atomic E-state index is 13.3. The predicted octanol–water partition coefficient (Wildman–Crippen LogP) is 3.95. The average Bonchev–Trinajstić information content (AvgIpc) is 2.63. The van der Waals surface area contributed by atoms with Gasteiger partial charge in [0.05, 0.1) is 0 Å². The summed E-state index contributed by atoms with van der Waals surface area (Å²) in [5.41, 5.74) is 4.63. The molecule has 0 spiro atoms. The number of primary amides is 1. The van der Waals surface area contributed by atoms with Gasteiger partial charge in [-0.15, -0.1) is 0 Å². The van der Waals surface area contributed by atoms with Crippen LogP contribution < -0.4 is 15.2 Å². The Labute approximate surface area is 187 Å². The zero-order chi connectivity index (χ0) is 21.0. The molecule has 1 radical (unpaired) electrons. The Bertz CT molecular complexity index is 826. The molecule has 4 aliphatic rings. The van der Waals surface area contributed by atoms with Crippen molar-refractivity contribution in [2.24, 2.45) is 28.9 Å². The summed E-state index contributed by atoms with van der Waals surface area (Å²) in [4.78, 5) is 25.4. The number of carbonyl (C=O) groups is 2. The van der Waals surface area contributed by atoms with Gasteiger partial charge in [-0.25, -0.2) is 0 Å². The quantitative estimate of drug-likeness (QED) is 0.548. The third-order valence-electron chi connectivity index (χ3n) is 7.02. The van der Waals surface area contributed by atoms with Gasteiger partial charge >= 0.3 is 188 Å². The molecule has 1 aromatic rings. The Kier molecular flexibility index (Phi) is 5.57. The van der Waals surface area contributed by atoms with E-state index in [1.54, 1.807) is 7.11 Å². The Balaban J connectivity index is 1.45. The van der Waals surface area contributed by atoms with E-state index in [9.17, 15) is 9.59 Å². The monoisotopic (exact) mass is 524 g/mol. The molecule has 0 saturated heterocycles. The zero-order valence-electron chi connectivity index (χ0n) is 17.1. The van der Waals surface area contributed by atoms with Gasteiger partial charge in [0.15, 0.2) is 0 Å². The molecule has 5 nitrogen and oxygen atoms in total. The number of methoxy groups -OCH3 is 1. The van der Waals surface area contributed by atoms with Gasteiger partial charge < -0.3 is 0 Å². The fourth-order valence-electron chi connectivity index (χ4n) is 5.85. The fourth-order valence-corrected chi connectivity index (χ4v) is 9.52. The van der Waals surface area contributed by atoms with Gasteiger partial charge in [-0.05, 0) is 0 Å². The van der Waals surface area contributed by atoms with Gasteiger partial charge in [0.25, 0.3) is 0 Å². The molecule has 4 fully saturated rings. The summed E-state index contributed by atoms with van der Waals surface area (Å²) >= 11 is 2.95. The molecule has 1 amide bonds. The third kappa shape index (κ3) is 3.87. The average molecular weight is 525 g/mol. The minimum absolute atomic E-state index is 0.119. The van der Waals surface area contributed by atoms with Crippen molar-refractivity contribution in [1.82, 2.24) is 0 Å². The van der Waals surface area contributed by atoms with E-state index >= 15 is 0 Å². The summed E-state index contributed by atoms with van der Waals surface area (Å²) in [7, 11) is 1.62. The molecule has 2 unspecified atom stereocenters. The number of halogens is 1. The standard InChI is InChI=1S/C22H28AsBrNO4/c1-21(2,29-15-4-5-17(28-3)16(24)8-15)19(26)23-18-13-6-12-7-14(18)11-22(9-12,10-13)20(25)27/h4-5,8,12-14,18H,6-7,9-11H2,1-3H3,(H2,25,27). The van der Waals surface area contributed by atoms with Gasteiger partial charge in [-0.2, -0.15) is 0 Å². The van der Waals surface area contributed by atoms with Crippen LogP contribution in [0.4, 0.5) is 0 Å². The second kappa shape index (κ2) is 7.60. The van der Waals surface area contributed by atoms with E-state index in [1.165, 1.54) is 0 Å². The van der Waals surface area contributed by atoms with E-state index in [-0.39, 0.29) is 15.9 Å². The molecule has 2 atom stereocenters. The number of hydrogen-bond acceptors (Lipinski definition) is 4. The molecule has 7 heteroatoms. The number of carbonyl (C=O) groups excluding carboxylic acids is 2. The number of nitrogens with two attached hydrogens (primary N) is 1. The summed E-state index contributed by atoms with van der Waals surface area (Å²) in [6, 6.07) is 5.49. The molecule has 4 bridgehead atoms. The predicted molar refractivity (Wildman–Crippen MR) is 115 cm³/mol. The van der Waals surface area contributed by atoms with Gasteiger partial charge in [-0.3, -0.25) is 0 Å². The summed E-state index contributed by atoms with van der Waals surface area (Å²) in [5, 5.41) is 0. The van der Waals surface area contributed by atoms with E-state index in [0.29, 0.717) is 28.2 Å². The molecule has 157 valence electrons. The molecular formula is C22H28AsBrNO4. The molecule has 1 aromatic carbocycles. The van der Waals surface area contributed by atoms with Crippen LogP contribution in [-0.4, -0.2) is 38.9 Å². The summed E-state index contributed by atoms with van der Waals surface area (Å²) < 4.78 is 12.8. The molecule has 4 saturated carbocycles. The van der Waals surface area contributed by atoms with Crippen molar-refractivity contribution in [1.29, 1.82) is 0 Å². The number of benzene rings is 1. The summed E-state index contributed by atoms with van der Waals surface area (Å²) in [6.07, 6.45) is 5.05. The molecule has 0 heterocycles. The van der Waals surface area contributed by atoms with Crippen LogP contribution in [0.2, 0.25) is 4.71 Å². The van der Waals surface area contributed by atoms with Crippen LogP contribution in [0.15, 0.2) is 22.7 Å². The SMILES string of the molecule is COc1ccc(OC(C)(C)C(=O)[As]C2C3CC4CC2CC(C(N)=O)(C4)C3)cc1Br. The summed E-state index contributed by atoms with van der Waals surface area (Å²) in [6.45, 7) is 3.73. The molecule has 0 aliphatic heterocycles. The molecule has 2 N–H and O–H groups in total. The number of hydrogen-bond donors (Lipinski definition) is 1. The molecular weight excluding hydrogens is 497 g/mol. The van der Waals surface area contributed by atoms with Crippen LogP contribution in [0.3, 0.4) is 0 Å². The first-order valence-corrected chi connectivity index (χ1v) is 13.0. The zero-order valence-corrected chi connectivity index (χ0v) is 20.6. The molecule has 4 aliphatic carbocycles. The second-order valence-corrected chi connectivity index (χ2v) is 12.9. The molecule has 29 heavy (non-hydrogen) atoms. The van der Waals surface area contributed by atoms with Crippen molar-refractivity contribution in [3.05, 3.63) is 22.7 Å². The van der Waals surface area contributed by atoms with Gasteiger partial charge in [0.2, 0.25) is 0 Å². The van der Waals surface area contributed by atoms with Gasteiger partial charge in [0, 0.05) is 0 Å². The second-order valence-electron chi connectivity index (χ2n) is 9.45. The van der Waals surface area contributed by atoms with Gasteiger partial charge in [-0.1, -0.05) is 0 Å². The van der Waals surface area contributed by atoms with Crippen LogP contribution in [0, 0.1) is 23.2 Å². The normalized spacial score (nSPS) is 33.2. The van der Waals surface area contributed by atoms with Crippen LogP contribution in [0.5, 0.6) is 11.5 Å². The van der Waals surface area contributed by atoms with Crippen LogP contribution in [-0.2, 0) is 9.59 Å². The topological polar surface area (TPSA) is 78.6 Å². The Morgan fingerprint density at radius 1 is 1.21 bits per heavy atom. The van der Waals surface area contributed by atoms with Crippen molar-refractivity contribution in [3.8, 4) is 11.5 Å². The van der Waals surface area contributed by atoms with Crippen LogP contribution in [0.25, 0.3) is 0 Å². The van der Waals surface area contributed by atoms with Crippen molar-refractivity contribution < 1.29 is 19.1 Å². The number of amides is 1. The van der Waals surface area contributed by atoms with E-state index in [2.05, 4.69) is 15.9 Å². The van der Waals surface area contributed by atoms with Crippen LogP contribution >= 0.6 is 15.9 Å². The Hall–Kier alpha value is -1.00. The minimum atomic E-state index is -0.871. The van der Waals surface area contributed by atoms with Gasteiger partial charge in [0.1, 0.15) is 0 Å². The number of rotatable bonds is 7. The summed E-state index contributed by atoms with van der Waals surface area (Å²) in [5.74, 6) is 2.83. The van der Waals surface area contributed by atoms with E-state index < -0.39 is 21.4 Å². The van der Waals surface area contributed by atoms with Crippen molar-refractivity contribution in [2.45, 2.75) is 56.3 Å². The Morgan fingerprint density at radius 2 is 1.86 bits per heavy atom. The first-order chi connectivity index (χ1) is 13.6. The van der Waals surface area contributed by atoms with Crippen molar-refractivity contribution in [2.75, 3.05) is 7.11 Å². The maximum atomic E-state index is 13.3. The van der Waals surface area contributed by atoms with Crippen LogP contribution in [0.1, 0.15) is 46.0 Å². The molecule has 5 rings (SSSR count). The van der Waals surface area contributed by atoms with Crippen molar-refractivity contribution >= 4 is 42.2 Å². The van der Waals surface area contributed by atoms with E-state index in [0.717, 1.165) is 42.3 Å². The first kappa shape index (κ1) is 21.2. The molecule has 0 aromatic heterocycles.